The molecule has 0 aliphatic rings. The summed E-state index contributed by atoms with van der Waals surface area (Å²) in [7, 11) is 0. The van der Waals surface area contributed by atoms with E-state index in [1.54, 1.807) is 6.20 Å². The summed E-state index contributed by atoms with van der Waals surface area (Å²) >= 11 is 0. The molecule has 0 saturated carbocycles. The van der Waals surface area contributed by atoms with Crippen LogP contribution in [0.4, 0.5) is 0 Å². The molecule has 3 aromatic rings. The Kier molecular flexibility index (Phi) is 4.32. The highest BCUT2D eigenvalue weighted by Gasteiger charge is 2.12. The van der Waals surface area contributed by atoms with Crippen LogP contribution in [-0.2, 0) is 12.8 Å². The van der Waals surface area contributed by atoms with Crippen LogP contribution >= 0.6 is 0 Å². The van der Waals surface area contributed by atoms with Gasteiger partial charge in [-0.15, -0.1) is 0 Å². The number of benzene rings is 1. The first kappa shape index (κ1) is 14.5. The smallest absolute Gasteiger partial charge is 0.199 e. The quantitative estimate of drug-likeness (QED) is 0.758. The number of nitrogens with one attached hydrogen (secondary N) is 1. The Bertz CT molecular complexity index is 711. The second kappa shape index (κ2) is 6.56. The van der Waals surface area contributed by atoms with Crippen LogP contribution in [0, 0.1) is 0 Å². The van der Waals surface area contributed by atoms with E-state index in [0.717, 1.165) is 36.6 Å². The SMILES string of the molecule is CC(C)n1nccc1-c1n[nH]c(CCCc2ccccc2)n1. The molecule has 0 aliphatic heterocycles. The molecular formula is C17H21N5. The number of aromatic nitrogens is 5. The zero-order valence-corrected chi connectivity index (χ0v) is 13.0. The third-order valence-electron chi connectivity index (χ3n) is 3.64. The summed E-state index contributed by atoms with van der Waals surface area (Å²) in [6, 6.07) is 12.8. The van der Waals surface area contributed by atoms with Crippen LogP contribution in [-0.4, -0.2) is 25.0 Å². The second-order valence-electron chi connectivity index (χ2n) is 5.70. The average molecular weight is 295 g/mol. The minimum Gasteiger partial charge on any atom is -0.263 e. The third-order valence-corrected chi connectivity index (χ3v) is 3.64. The van der Waals surface area contributed by atoms with Gasteiger partial charge in [0.05, 0.1) is 0 Å². The van der Waals surface area contributed by atoms with E-state index in [1.165, 1.54) is 5.56 Å². The van der Waals surface area contributed by atoms with Gasteiger partial charge in [0.1, 0.15) is 11.5 Å². The molecule has 0 amide bonds. The first-order valence-electron chi connectivity index (χ1n) is 7.73. The fourth-order valence-electron chi connectivity index (χ4n) is 2.53. The molecule has 0 aliphatic carbocycles. The van der Waals surface area contributed by atoms with Gasteiger partial charge in [0, 0.05) is 18.7 Å². The maximum absolute atomic E-state index is 4.60. The number of aromatic amines is 1. The van der Waals surface area contributed by atoms with Crippen LogP contribution in [0.1, 0.15) is 37.7 Å². The Morgan fingerprint density at radius 1 is 1.09 bits per heavy atom. The van der Waals surface area contributed by atoms with Crippen LogP contribution < -0.4 is 0 Å². The van der Waals surface area contributed by atoms with Crippen molar-refractivity contribution >= 4 is 0 Å². The topological polar surface area (TPSA) is 59.4 Å². The van der Waals surface area contributed by atoms with Crippen LogP contribution in [0.5, 0.6) is 0 Å². The van der Waals surface area contributed by atoms with E-state index in [9.17, 15) is 0 Å². The molecule has 0 saturated heterocycles. The molecule has 2 aromatic heterocycles. The van der Waals surface area contributed by atoms with Gasteiger partial charge in [0.25, 0.3) is 0 Å². The number of rotatable bonds is 6. The first-order chi connectivity index (χ1) is 10.7. The van der Waals surface area contributed by atoms with Gasteiger partial charge in [-0.1, -0.05) is 30.3 Å². The van der Waals surface area contributed by atoms with Gasteiger partial charge >= 0.3 is 0 Å². The van der Waals surface area contributed by atoms with Crippen molar-refractivity contribution in [2.24, 2.45) is 0 Å². The van der Waals surface area contributed by atoms with Crippen molar-refractivity contribution in [1.29, 1.82) is 0 Å². The predicted molar refractivity (Wildman–Crippen MR) is 86.5 cm³/mol. The molecule has 0 bridgehead atoms. The Balaban J connectivity index is 1.63. The van der Waals surface area contributed by atoms with E-state index in [-0.39, 0.29) is 0 Å². The fourth-order valence-corrected chi connectivity index (χ4v) is 2.53. The lowest BCUT2D eigenvalue weighted by Gasteiger charge is -2.07. The van der Waals surface area contributed by atoms with Gasteiger partial charge in [0.15, 0.2) is 5.82 Å². The summed E-state index contributed by atoms with van der Waals surface area (Å²) in [6.45, 7) is 4.20. The molecule has 0 atom stereocenters. The molecule has 0 radical (unpaired) electrons. The minimum absolute atomic E-state index is 0.296. The molecular weight excluding hydrogens is 274 g/mol. The van der Waals surface area contributed by atoms with Gasteiger partial charge in [-0.3, -0.25) is 9.78 Å². The van der Waals surface area contributed by atoms with Gasteiger partial charge in [0.2, 0.25) is 0 Å². The molecule has 22 heavy (non-hydrogen) atoms. The second-order valence-corrected chi connectivity index (χ2v) is 5.70. The van der Waals surface area contributed by atoms with Crippen LogP contribution in [0.3, 0.4) is 0 Å². The molecule has 2 heterocycles. The molecule has 114 valence electrons. The van der Waals surface area contributed by atoms with E-state index in [1.807, 2.05) is 16.8 Å². The Morgan fingerprint density at radius 3 is 2.68 bits per heavy atom. The zero-order chi connectivity index (χ0) is 15.4. The number of aryl methyl sites for hydroxylation is 2. The largest absolute Gasteiger partial charge is 0.263 e. The van der Waals surface area contributed by atoms with Gasteiger partial charge < -0.3 is 0 Å². The van der Waals surface area contributed by atoms with Crippen LogP contribution in [0.15, 0.2) is 42.6 Å². The Hall–Kier alpha value is -2.43. The summed E-state index contributed by atoms with van der Waals surface area (Å²) in [5.74, 6) is 1.66. The zero-order valence-electron chi connectivity index (χ0n) is 13.0. The molecule has 1 N–H and O–H groups in total. The highest BCUT2D eigenvalue weighted by Crippen LogP contribution is 2.18. The number of hydrogen-bond acceptors (Lipinski definition) is 3. The lowest BCUT2D eigenvalue weighted by atomic mass is 10.1. The van der Waals surface area contributed by atoms with Gasteiger partial charge in [-0.2, -0.15) is 10.2 Å². The molecule has 5 heteroatoms. The van der Waals surface area contributed by atoms with Gasteiger partial charge in [-0.25, -0.2) is 4.98 Å². The molecule has 0 fully saturated rings. The summed E-state index contributed by atoms with van der Waals surface area (Å²) < 4.78 is 1.94. The van der Waals surface area contributed by atoms with E-state index in [2.05, 4.69) is 58.4 Å². The van der Waals surface area contributed by atoms with Crippen LogP contribution in [0.2, 0.25) is 0 Å². The predicted octanol–water partition coefficient (Wildman–Crippen LogP) is 3.42. The van der Waals surface area contributed by atoms with Gasteiger partial charge in [-0.05, 0) is 38.3 Å². The summed E-state index contributed by atoms with van der Waals surface area (Å²) in [6.07, 6.45) is 4.81. The summed E-state index contributed by atoms with van der Waals surface area (Å²) in [5, 5.41) is 11.7. The number of nitrogens with zero attached hydrogens (tertiary/aromatic N) is 4. The molecule has 0 spiro atoms. The van der Waals surface area contributed by atoms with Crippen molar-refractivity contribution in [3.05, 3.63) is 54.0 Å². The maximum atomic E-state index is 4.60. The van der Waals surface area contributed by atoms with Crippen LogP contribution in [0.25, 0.3) is 11.5 Å². The average Bonchev–Trinajstić information content (AvgIpc) is 3.17. The van der Waals surface area contributed by atoms with Crippen molar-refractivity contribution < 1.29 is 0 Å². The van der Waals surface area contributed by atoms with Crippen molar-refractivity contribution in [2.45, 2.75) is 39.2 Å². The third kappa shape index (κ3) is 3.24. The Morgan fingerprint density at radius 2 is 1.91 bits per heavy atom. The monoisotopic (exact) mass is 295 g/mol. The highest BCUT2D eigenvalue weighted by atomic mass is 15.3. The van der Waals surface area contributed by atoms with E-state index < -0.39 is 0 Å². The maximum Gasteiger partial charge on any atom is 0.199 e. The summed E-state index contributed by atoms with van der Waals surface area (Å²) in [4.78, 5) is 4.60. The van der Waals surface area contributed by atoms with E-state index >= 15 is 0 Å². The first-order valence-corrected chi connectivity index (χ1v) is 7.73. The van der Waals surface area contributed by atoms with Crippen molar-refractivity contribution in [3.8, 4) is 11.5 Å². The van der Waals surface area contributed by atoms with E-state index in [0.29, 0.717) is 6.04 Å². The Labute approximate surface area is 130 Å². The summed E-state index contributed by atoms with van der Waals surface area (Å²) in [5.41, 5.74) is 2.32. The molecule has 5 nitrogen and oxygen atoms in total. The van der Waals surface area contributed by atoms with Crippen molar-refractivity contribution in [1.82, 2.24) is 25.0 Å². The lowest BCUT2D eigenvalue weighted by molar-refractivity contribution is 0.537. The van der Waals surface area contributed by atoms with E-state index in [4.69, 9.17) is 0 Å². The number of hydrogen-bond donors (Lipinski definition) is 1. The van der Waals surface area contributed by atoms with Crippen molar-refractivity contribution in [2.75, 3.05) is 0 Å². The molecule has 1 aromatic carbocycles. The standard InChI is InChI=1S/C17H21N5/c1-13(2)22-15(11-12-18-22)17-19-16(20-21-17)10-6-9-14-7-4-3-5-8-14/h3-5,7-8,11-13H,6,9-10H2,1-2H3,(H,19,20,21). The highest BCUT2D eigenvalue weighted by molar-refractivity contribution is 5.48. The fraction of sp³-hybridized carbons (Fsp3) is 0.353. The molecule has 3 rings (SSSR count). The lowest BCUT2D eigenvalue weighted by Crippen LogP contribution is -2.05. The normalized spacial score (nSPS) is 11.2. The number of H-pyrrole nitrogens is 1. The minimum atomic E-state index is 0.296. The van der Waals surface area contributed by atoms with Crippen molar-refractivity contribution in [3.63, 3.8) is 0 Å². The molecule has 0 unspecified atom stereocenters.